The van der Waals surface area contributed by atoms with Crippen LogP contribution in [0, 0.1) is 0 Å². The van der Waals surface area contributed by atoms with Crippen molar-refractivity contribution < 1.29 is 0 Å². The Morgan fingerprint density at radius 3 is 2.50 bits per heavy atom. The minimum absolute atomic E-state index is 0.821. The molecule has 8 heavy (non-hydrogen) atoms. The first-order valence-corrected chi connectivity index (χ1v) is 4.33. The van der Waals surface area contributed by atoms with E-state index < -0.39 is 0 Å². The van der Waals surface area contributed by atoms with Crippen LogP contribution in [-0.2, 0) is 0 Å². The van der Waals surface area contributed by atoms with Gasteiger partial charge in [0.05, 0.1) is 0 Å². The Labute approximate surface area is 54.1 Å². The highest BCUT2D eigenvalue weighted by molar-refractivity contribution is 7.36. The minimum atomic E-state index is 0.821. The van der Waals surface area contributed by atoms with E-state index in [9.17, 15) is 0 Å². The van der Waals surface area contributed by atoms with E-state index >= 15 is 0 Å². The van der Waals surface area contributed by atoms with Crippen LogP contribution in [0.5, 0.6) is 0 Å². The van der Waals surface area contributed by atoms with Crippen molar-refractivity contribution in [1.82, 2.24) is 5.09 Å². The first-order chi connectivity index (χ1) is 3.77. The molecule has 0 aliphatic rings. The third-order valence-electron chi connectivity index (χ3n) is 0.766. The van der Waals surface area contributed by atoms with Gasteiger partial charge in [-0.2, -0.15) is 0 Å². The van der Waals surface area contributed by atoms with E-state index in [1.54, 1.807) is 0 Å². The smallest absolute Gasteiger partial charge is 0.00147 e. The largest absolute Gasteiger partial charge is 0.298 e. The second-order valence-corrected chi connectivity index (χ2v) is 4.02. The lowest BCUT2D eigenvalue weighted by Gasteiger charge is -2.04. The van der Waals surface area contributed by atoms with Gasteiger partial charge in [0.2, 0.25) is 0 Å². The van der Waals surface area contributed by atoms with Crippen LogP contribution in [0.4, 0.5) is 0 Å². The summed E-state index contributed by atoms with van der Waals surface area (Å²) in [5.74, 6) is 0. The van der Waals surface area contributed by atoms with E-state index in [2.05, 4.69) is 25.9 Å². The zero-order valence-electron chi connectivity index (χ0n) is 5.99. The second kappa shape index (κ2) is 5.53. The zero-order valence-corrected chi connectivity index (χ0v) is 6.99. The van der Waals surface area contributed by atoms with Gasteiger partial charge in [0, 0.05) is 0 Å². The minimum Gasteiger partial charge on any atom is -0.298 e. The summed E-state index contributed by atoms with van der Waals surface area (Å²) in [6, 6.07) is 0. The Hall–Kier alpha value is 0.390. The third kappa shape index (κ3) is 6.39. The van der Waals surface area contributed by atoms with Crippen LogP contribution in [0.3, 0.4) is 0 Å². The molecule has 0 aromatic heterocycles. The lowest BCUT2D eigenvalue weighted by Crippen LogP contribution is -2.05. The predicted molar refractivity (Wildman–Crippen MR) is 41.7 cm³/mol. The van der Waals surface area contributed by atoms with Gasteiger partial charge in [-0.3, -0.25) is 5.09 Å². The summed E-state index contributed by atoms with van der Waals surface area (Å²) in [7, 11) is 0.945. The van der Waals surface area contributed by atoms with Gasteiger partial charge in [0.1, 0.15) is 0 Å². The van der Waals surface area contributed by atoms with E-state index in [-0.39, 0.29) is 0 Å². The molecule has 0 aromatic rings. The summed E-state index contributed by atoms with van der Waals surface area (Å²) in [6.07, 6.45) is 1.25. The zero-order chi connectivity index (χ0) is 6.41. The highest BCUT2D eigenvalue weighted by atomic mass is 31.1. The van der Waals surface area contributed by atoms with Crippen molar-refractivity contribution in [3.05, 3.63) is 0 Å². The van der Waals surface area contributed by atoms with Crippen LogP contribution in [-0.4, -0.2) is 12.2 Å². The Morgan fingerprint density at radius 2 is 2.12 bits per heavy atom. The summed E-state index contributed by atoms with van der Waals surface area (Å²) in [6.45, 7) is 7.84. The van der Waals surface area contributed by atoms with E-state index in [0.29, 0.717) is 0 Å². The van der Waals surface area contributed by atoms with Gasteiger partial charge < -0.3 is 0 Å². The fourth-order valence-electron chi connectivity index (χ4n) is 0.401. The first kappa shape index (κ1) is 8.39. The lowest BCUT2D eigenvalue weighted by molar-refractivity contribution is 0.864. The maximum Gasteiger partial charge on any atom is -0.00147 e. The molecule has 0 bridgehead atoms. The average molecular weight is 133 g/mol. The average Bonchev–Trinajstić information content (AvgIpc) is 1.66. The quantitative estimate of drug-likeness (QED) is 0.456. The highest BCUT2D eigenvalue weighted by Crippen LogP contribution is 2.10. The highest BCUT2D eigenvalue weighted by Gasteiger charge is 1.88. The van der Waals surface area contributed by atoms with Crippen molar-refractivity contribution in [3.8, 4) is 0 Å². The van der Waals surface area contributed by atoms with Gasteiger partial charge in [-0.25, -0.2) is 0 Å². The maximum absolute atomic E-state index is 3.36. The van der Waals surface area contributed by atoms with Crippen molar-refractivity contribution in [3.63, 3.8) is 0 Å². The molecule has 50 valence electrons. The van der Waals surface area contributed by atoms with Gasteiger partial charge >= 0.3 is 0 Å². The Bertz CT molecular complexity index is 45.8. The Kier molecular flexibility index (Phi) is 5.79. The molecule has 1 N–H and O–H groups in total. The molecular formula is C6H16NP. The number of nitrogens with one attached hydrogen (secondary N) is 1. The molecule has 0 spiro atoms. The second-order valence-electron chi connectivity index (χ2n) is 2.23. The normalized spacial score (nSPS) is 12.0. The Morgan fingerprint density at radius 1 is 1.50 bits per heavy atom. The molecular weight excluding hydrogens is 117 g/mol. The van der Waals surface area contributed by atoms with Gasteiger partial charge in [0.25, 0.3) is 0 Å². The fourth-order valence-corrected chi connectivity index (χ4v) is 1.20. The van der Waals surface area contributed by atoms with Crippen molar-refractivity contribution >= 4 is 8.73 Å². The van der Waals surface area contributed by atoms with Crippen LogP contribution in [0.2, 0.25) is 0 Å². The first-order valence-electron chi connectivity index (χ1n) is 3.25. The SMILES string of the molecule is CCCNPC(C)C. The summed E-state index contributed by atoms with van der Waals surface area (Å²) in [5.41, 5.74) is 0.821. The molecule has 0 heterocycles. The molecule has 0 saturated carbocycles. The summed E-state index contributed by atoms with van der Waals surface area (Å²) in [5, 5.41) is 3.36. The van der Waals surface area contributed by atoms with Gasteiger partial charge in [-0.05, 0) is 18.6 Å². The van der Waals surface area contributed by atoms with Gasteiger partial charge in [0.15, 0.2) is 0 Å². The summed E-state index contributed by atoms with van der Waals surface area (Å²) >= 11 is 0. The monoisotopic (exact) mass is 133 g/mol. The molecule has 0 aliphatic heterocycles. The molecule has 0 saturated heterocycles. The van der Waals surface area contributed by atoms with Crippen LogP contribution in [0.25, 0.3) is 0 Å². The van der Waals surface area contributed by atoms with Crippen LogP contribution >= 0.6 is 8.73 Å². The van der Waals surface area contributed by atoms with Crippen LogP contribution in [0.1, 0.15) is 27.2 Å². The fraction of sp³-hybridized carbons (Fsp3) is 1.00. The maximum atomic E-state index is 3.36. The van der Waals surface area contributed by atoms with Crippen LogP contribution < -0.4 is 5.09 Å². The van der Waals surface area contributed by atoms with E-state index in [1.807, 2.05) is 0 Å². The third-order valence-corrected chi connectivity index (χ3v) is 1.80. The molecule has 0 aliphatic carbocycles. The summed E-state index contributed by atoms with van der Waals surface area (Å²) in [4.78, 5) is 0. The molecule has 0 fully saturated rings. The standard InChI is InChI=1S/C6H16NP/c1-4-5-7-8-6(2)3/h6-8H,4-5H2,1-3H3. The molecule has 0 radical (unpaired) electrons. The van der Waals surface area contributed by atoms with E-state index in [4.69, 9.17) is 0 Å². The number of hydrogen-bond acceptors (Lipinski definition) is 1. The lowest BCUT2D eigenvalue weighted by atomic mass is 10.5. The molecule has 0 aromatic carbocycles. The topological polar surface area (TPSA) is 12.0 Å². The van der Waals surface area contributed by atoms with Crippen molar-refractivity contribution in [2.75, 3.05) is 6.54 Å². The molecule has 0 amide bonds. The van der Waals surface area contributed by atoms with Crippen molar-refractivity contribution in [2.24, 2.45) is 0 Å². The molecule has 1 unspecified atom stereocenters. The Balaban J connectivity index is 2.72. The van der Waals surface area contributed by atoms with Gasteiger partial charge in [-0.15, -0.1) is 0 Å². The van der Waals surface area contributed by atoms with Crippen molar-refractivity contribution in [2.45, 2.75) is 32.9 Å². The molecule has 1 atom stereocenters. The molecule has 2 heteroatoms. The van der Waals surface area contributed by atoms with E-state index in [0.717, 1.165) is 14.4 Å². The van der Waals surface area contributed by atoms with E-state index in [1.165, 1.54) is 13.0 Å². The molecule has 1 nitrogen and oxygen atoms in total. The number of hydrogen-bond donors (Lipinski definition) is 1. The number of rotatable bonds is 4. The van der Waals surface area contributed by atoms with Gasteiger partial charge in [-0.1, -0.05) is 29.5 Å². The summed E-state index contributed by atoms with van der Waals surface area (Å²) < 4.78 is 0. The van der Waals surface area contributed by atoms with Crippen molar-refractivity contribution in [1.29, 1.82) is 0 Å². The predicted octanol–water partition coefficient (Wildman–Crippen LogP) is 1.99. The molecule has 0 rings (SSSR count). The van der Waals surface area contributed by atoms with Crippen LogP contribution in [0.15, 0.2) is 0 Å².